The van der Waals surface area contributed by atoms with Crippen LogP contribution in [0, 0.1) is 5.41 Å². The third-order valence-corrected chi connectivity index (χ3v) is 4.22. The second kappa shape index (κ2) is 5.51. The van der Waals surface area contributed by atoms with Gasteiger partial charge in [0.25, 0.3) is 0 Å². The van der Waals surface area contributed by atoms with Crippen LogP contribution in [0.4, 0.5) is 0 Å². The summed E-state index contributed by atoms with van der Waals surface area (Å²) in [6.07, 6.45) is 1.67. The van der Waals surface area contributed by atoms with Gasteiger partial charge in [-0.2, -0.15) is 0 Å². The Balaban J connectivity index is 2.43. The molecule has 0 aromatic heterocycles. The summed E-state index contributed by atoms with van der Waals surface area (Å²) in [6, 6.07) is 5.71. The minimum absolute atomic E-state index is 0.104. The van der Waals surface area contributed by atoms with Gasteiger partial charge in [-0.3, -0.25) is 4.79 Å². The first-order valence-electron chi connectivity index (χ1n) is 6.18. The molecule has 0 radical (unpaired) electrons. The molecule has 0 amide bonds. The van der Waals surface area contributed by atoms with Crippen molar-refractivity contribution in [1.29, 1.82) is 0 Å². The van der Waals surface area contributed by atoms with Gasteiger partial charge >= 0.3 is 5.97 Å². The molecule has 4 nitrogen and oxygen atoms in total. The molecule has 1 aromatic carbocycles. The molecule has 1 aliphatic carbocycles. The highest BCUT2D eigenvalue weighted by molar-refractivity contribution is 9.10. The van der Waals surface area contributed by atoms with E-state index in [1.54, 1.807) is 7.11 Å². The van der Waals surface area contributed by atoms with Crippen molar-refractivity contribution in [2.75, 3.05) is 21.3 Å². The van der Waals surface area contributed by atoms with Gasteiger partial charge in [0.1, 0.15) is 5.75 Å². The lowest BCUT2D eigenvalue weighted by Gasteiger charge is -2.26. The molecule has 0 spiro atoms. The molecular weight excluding hydrogens is 310 g/mol. The topological polar surface area (TPSA) is 47.6 Å². The van der Waals surface area contributed by atoms with Gasteiger partial charge < -0.3 is 14.8 Å². The largest absolute Gasteiger partial charge is 0.496 e. The summed E-state index contributed by atoms with van der Waals surface area (Å²) in [6.45, 7) is 0. The van der Waals surface area contributed by atoms with Gasteiger partial charge in [0.15, 0.2) is 0 Å². The number of benzene rings is 1. The van der Waals surface area contributed by atoms with Gasteiger partial charge in [-0.05, 0) is 38.1 Å². The number of methoxy groups -OCH3 is 2. The lowest BCUT2D eigenvalue weighted by atomic mass is 9.89. The van der Waals surface area contributed by atoms with E-state index in [-0.39, 0.29) is 12.0 Å². The Morgan fingerprint density at radius 3 is 2.58 bits per heavy atom. The molecule has 2 rings (SSSR count). The minimum atomic E-state index is -0.461. The average Bonchev–Trinajstić information content (AvgIpc) is 3.20. The number of rotatable bonds is 5. The van der Waals surface area contributed by atoms with Gasteiger partial charge in [0, 0.05) is 10.0 Å². The standard InChI is InChI=1S/C14H18BrNO3/c1-16-12(14(6-7-14)13(17)19-3)10-8-9(15)4-5-11(10)18-2/h4-5,8,12,16H,6-7H2,1-3H3. The number of hydrogen-bond donors (Lipinski definition) is 1. The van der Waals surface area contributed by atoms with Crippen molar-refractivity contribution in [2.24, 2.45) is 5.41 Å². The van der Waals surface area contributed by atoms with E-state index in [4.69, 9.17) is 9.47 Å². The molecule has 1 fully saturated rings. The third-order valence-electron chi connectivity index (χ3n) is 3.72. The molecule has 0 bridgehead atoms. The predicted octanol–water partition coefficient (Wildman–Crippen LogP) is 2.67. The average molecular weight is 328 g/mol. The highest BCUT2D eigenvalue weighted by Crippen LogP contribution is 2.57. The lowest BCUT2D eigenvalue weighted by molar-refractivity contribution is -0.148. The molecule has 1 aromatic rings. The molecule has 19 heavy (non-hydrogen) atoms. The lowest BCUT2D eigenvalue weighted by Crippen LogP contribution is -2.33. The second-order valence-corrected chi connectivity index (χ2v) is 5.67. The van der Waals surface area contributed by atoms with Crippen LogP contribution >= 0.6 is 15.9 Å². The quantitative estimate of drug-likeness (QED) is 0.845. The highest BCUT2D eigenvalue weighted by Gasteiger charge is 2.57. The summed E-state index contributed by atoms with van der Waals surface area (Å²) in [5, 5.41) is 3.24. The molecular formula is C14H18BrNO3. The van der Waals surface area contributed by atoms with E-state index in [9.17, 15) is 4.79 Å². The summed E-state index contributed by atoms with van der Waals surface area (Å²) in [7, 11) is 4.93. The van der Waals surface area contributed by atoms with Crippen LogP contribution in [0.15, 0.2) is 22.7 Å². The summed E-state index contributed by atoms with van der Waals surface area (Å²) < 4.78 is 11.3. The number of nitrogens with one attached hydrogen (secondary N) is 1. The molecule has 0 heterocycles. The first kappa shape index (κ1) is 14.3. The van der Waals surface area contributed by atoms with Crippen LogP contribution in [0.25, 0.3) is 0 Å². The van der Waals surface area contributed by atoms with Gasteiger partial charge in [-0.1, -0.05) is 15.9 Å². The number of carbonyl (C=O) groups excluding carboxylic acids is 1. The first-order valence-corrected chi connectivity index (χ1v) is 6.97. The van der Waals surface area contributed by atoms with Crippen molar-refractivity contribution in [2.45, 2.75) is 18.9 Å². The van der Waals surface area contributed by atoms with Crippen LogP contribution in [-0.4, -0.2) is 27.2 Å². The Labute approximate surface area is 121 Å². The zero-order valence-corrected chi connectivity index (χ0v) is 12.9. The smallest absolute Gasteiger partial charge is 0.313 e. The van der Waals surface area contributed by atoms with Gasteiger partial charge in [-0.25, -0.2) is 0 Å². The molecule has 0 saturated heterocycles. The Morgan fingerprint density at radius 1 is 1.42 bits per heavy atom. The number of carbonyl (C=O) groups is 1. The van der Waals surface area contributed by atoms with Crippen LogP contribution in [-0.2, 0) is 9.53 Å². The predicted molar refractivity (Wildman–Crippen MR) is 76.2 cm³/mol. The van der Waals surface area contributed by atoms with Crippen molar-refractivity contribution in [1.82, 2.24) is 5.32 Å². The van der Waals surface area contributed by atoms with Crippen molar-refractivity contribution < 1.29 is 14.3 Å². The van der Waals surface area contributed by atoms with Crippen LogP contribution in [0.5, 0.6) is 5.75 Å². The Kier molecular flexibility index (Phi) is 4.16. The maximum absolute atomic E-state index is 12.0. The van der Waals surface area contributed by atoms with Crippen molar-refractivity contribution in [3.05, 3.63) is 28.2 Å². The maximum Gasteiger partial charge on any atom is 0.313 e. The van der Waals surface area contributed by atoms with E-state index < -0.39 is 5.41 Å². The van der Waals surface area contributed by atoms with E-state index in [1.807, 2.05) is 25.2 Å². The molecule has 1 saturated carbocycles. The second-order valence-electron chi connectivity index (χ2n) is 4.76. The molecule has 1 aliphatic rings. The fourth-order valence-corrected chi connectivity index (χ4v) is 2.99. The van der Waals surface area contributed by atoms with Gasteiger partial charge in [-0.15, -0.1) is 0 Å². The minimum Gasteiger partial charge on any atom is -0.496 e. The number of ether oxygens (including phenoxy) is 2. The number of esters is 1. The molecule has 1 atom stereocenters. The third kappa shape index (κ3) is 2.49. The molecule has 1 unspecified atom stereocenters. The van der Waals surface area contributed by atoms with E-state index in [1.165, 1.54) is 7.11 Å². The first-order chi connectivity index (χ1) is 9.08. The van der Waals surface area contributed by atoms with Crippen molar-refractivity contribution >= 4 is 21.9 Å². The Morgan fingerprint density at radius 2 is 2.11 bits per heavy atom. The van der Waals surface area contributed by atoms with Crippen LogP contribution in [0.2, 0.25) is 0 Å². The Hall–Kier alpha value is -1.07. The molecule has 1 N–H and O–H groups in total. The normalized spacial score (nSPS) is 17.7. The van der Waals surface area contributed by atoms with Gasteiger partial charge in [0.2, 0.25) is 0 Å². The monoisotopic (exact) mass is 327 g/mol. The van der Waals surface area contributed by atoms with Gasteiger partial charge in [0.05, 0.1) is 25.7 Å². The SMILES string of the molecule is CNC(c1cc(Br)ccc1OC)C1(C(=O)OC)CC1. The van der Waals surface area contributed by atoms with E-state index in [0.29, 0.717) is 0 Å². The number of hydrogen-bond acceptors (Lipinski definition) is 4. The molecule has 0 aliphatic heterocycles. The zero-order chi connectivity index (χ0) is 14.0. The van der Waals surface area contributed by atoms with E-state index >= 15 is 0 Å². The maximum atomic E-state index is 12.0. The summed E-state index contributed by atoms with van der Waals surface area (Å²) in [4.78, 5) is 12.0. The van der Waals surface area contributed by atoms with Crippen molar-refractivity contribution in [3.8, 4) is 5.75 Å². The van der Waals surface area contributed by atoms with Crippen LogP contribution < -0.4 is 10.1 Å². The van der Waals surface area contributed by atoms with E-state index in [0.717, 1.165) is 28.6 Å². The fourth-order valence-electron chi connectivity index (χ4n) is 2.61. The molecule has 5 heteroatoms. The summed E-state index contributed by atoms with van der Waals surface area (Å²) in [5.41, 5.74) is 0.514. The van der Waals surface area contributed by atoms with Crippen LogP contribution in [0.3, 0.4) is 0 Å². The highest BCUT2D eigenvalue weighted by atomic mass is 79.9. The number of halogens is 1. The van der Waals surface area contributed by atoms with Crippen LogP contribution in [0.1, 0.15) is 24.4 Å². The zero-order valence-electron chi connectivity index (χ0n) is 11.3. The van der Waals surface area contributed by atoms with Crippen molar-refractivity contribution in [3.63, 3.8) is 0 Å². The Bertz CT molecular complexity index is 486. The van der Waals surface area contributed by atoms with E-state index in [2.05, 4.69) is 21.2 Å². The summed E-state index contributed by atoms with van der Waals surface area (Å²) in [5.74, 6) is 0.617. The molecule has 104 valence electrons. The fraction of sp³-hybridized carbons (Fsp3) is 0.500. The summed E-state index contributed by atoms with van der Waals surface area (Å²) >= 11 is 3.46.